The summed E-state index contributed by atoms with van der Waals surface area (Å²) in [4.78, 5) is 0. The molecule has 18 heavy (non-hydrogen) atoms. The van der Waals surface area contributed by atoms with Crippen LogP contribution in [0.4, 0.5) is 0 Å². The minimum absolute atomic E-state index is 0.352. The average Bonchev–Trinajstić information content (AvgIpc) is 2.88. The van der Waals surface area contributed by atoms with Gasteiger partial charge in [-0.3, -0.25) is 0 Å². The molecule has 2 aliphatic rings. The Kier molecular flexibility index (Phi) is 5.93. The second-order valence-electron chi connectivity index (χ2n) is 6.13. The summed E-state index contributed by atoms with van der Waals surface area (Å²) in [6, 6.07) is 1.49. The summed E-state index contributed by atoms with van der Waals surface area (Å²) < 4.78 is 5.62. The van der Waals surface area contributed by atoms with Crippen LogP contribution < -0.4 is 10.6 Å². The van der Waals surface area contributed by atoms with E-state index in [1.165, 1.54) is 45.1 Å². The van der Waals surface area contributed by atoms with Crippen molar-refractivity contribution in [2.75, 3.05) is 19.7 Å². The van der Waals surface area contributed by atoms with Crippen LogP contribution in [0.25, 0.3) is 0 Å². The highest BCUT2D eigenvalue weighted by molar-refractivity contribution is 4.91. The Balaban J connectivity index is 1.73. The van der Waals surface area contributed by atoms with Crippen LogP contribution in [0.1, 0.15) is 52.4 Å². The zero-order valence-corrected chi connectivity index (χ0v) is 12.1. The molecule has 2 fully saturated rings. The zero-order chi connectivity index (χ0) is 12.8. The molecule has 2 N–H and O–H groups in total. The maximum Gasteiger partial charge on any atom is 0.0594 e. The molecule has 1 heterocycles. The SMILES string of the molecule is CC(C)OCCNC1CCCCC1C1CCCN1. The highest BCUT2D eigenvalue weighted by atomic mass is 16.5. The second kappa shape index (κ2) is 7.46. The lowest BCUT2D eigenvalue weighted by Crippen LogP contribution is -2.47. The Bertz CT molecular complexity index is 227. The summed E-state index contributed by atoms with van der Waals surface area (Å²) in [5.41, 5.74) is 0. The smallest absolute Gasteiger partial charge is 0.0594 e. The zero-order valence-electron chi connectivity index (χ0n) is 12.1. The summed E-state index contributed by atoms with van der Waals surface area (Å²) >= 11 is 0. The third-order valence-corrected chi connectivity index (χ3v) is 4.39. The molecule has 3 heteroatoms. The van der Waals surface area contributed by atoms with Crippen molar-refractivity contribution in [3.63, 3.8) is 0 Å². The normalized spacial score (nSPS) is 33.2. The van der Waals surface area contributed by atoms with Crippen LogP contribution in [0.5, 0.6) is 0 Å². The third-order valence-electron chi connectivity index (χ3n) is 4.39. The number of ether oxygens (including phenoxy) is 1. The van der Waals surface area contributed by atoms with Gasteiger partial charge in [-0.15, -0.1) is 0 Å². The van der Waals surface area contributed by atoms with Crippen molar-refractivity contribution in [2.24, 2.45) is 5.92 Å². The Labute approximate surface area is 112 Å². The molecule has 0 bridgehead atoms. The van der Waals surface area contributed by atoms with Gasteiger partial charge in [-0.05, 0) is 52.0 Å². The first-order valence-electron chi connectivity index (χ1n) is 7.85. The molecule has 1 aliphatic carbocycles. The summed E-state index contributed by atoms with van der Waals surface area (Å²) in [7, 11) is 0. The predicted molar refractivity (Wildman–Crippen MR) is 75.9 cm³/mol. The van der Waals surface area contributed by atoms with Crippen LogP contribution >= 0.6 is 0 Å². The van der Waals surface area contributed by atoms with Crippen molar-refractivity contribution < 1.29 is 4.74 Å². The fraction of sp³-hybridized carbons (Fsp3) is 1.00. The lowest BCUT2D eigenvalue weighted by Gasteiger charge is -2.36. The Morgan fingerprint density at radius 2 is 2.00 bits per heavy atom. The van der Waals surface area contributed by atoms with Gasteiger partial charge >= 0.3 is 0 Å². The molecule has 0 spiro atoms. The summed E-state index contributed by atoms with van der Waals surface area (Å²) in [5, 5.41) is 7.43. The molecule has 1 saturated heterocycles. The van der Waals surface area contributed by atoms with Gasteiger partial charge in [-0.25, -0.2) is 0 Å². The van der Waals surface area contributed by atoms with Crippen molar-refractivity contribution in [1.82, 2.24) is 10.6 Å². The minimum atomic E-state index is 0.352. The minimum Gasteiger partial charge on any atom is -0.377 e. The van der Waals surface area contributed by atoms with E-state index in [1.54, 1.807) is 0 Å². The van der Waals surface area contributed by atoms with Crippen LogP contribution in [-0.2, 0) is 4.74 Å². The average molecular weight is 254 g/mol. The Morgan fingerprint density at radius 1 is 1.17 bits per heavy atom. The molecule has 0 aromatic rings. The van der Waals surface area contributed by atoms with Gasteiger partial charge in [0.25, 0.3) is 0 Å². The van der Waals surface area contributed by atoms with E-state index >= 15 is 0 Å². The van der Waals surface area contributed by atoms with Gasteiger partial charge in [0.15, 0.2) is 0 Å². The quantitative estimate of drug-likeness (QED) is 0.714. The molecular weight excluding hydrogens is 224 g/mol. The van der Waals surface area contributed by atoms with Crippen LogP contribution in [0.2, 0.25) is 0 Å². The standard InChI is InChI=1S/C15H30N2O/c1-12(2)18-11-10-17-14-7-4-3-6-13(14)15-8-5-9-16-15/h12-17H,3-11H2,1-2H3. The van der Waals surface area contributed by atoms with E-state index in [0.717, 1.165) is 25.1 Å². The van der Waals surface area contributed by atoms with Crippen LogP contribution in [0.15, 0.2) is 0 Å². The first-order valence-corrected chi connectivity index (χ1v) is 7.85. The monoisotopic (exact) mass is 254 g/mol. The number of hydrogen-bond donors (Lipinski definition) is 2. The third kappa shape index (κ3) is 4.22. The Morgan fingerprint density at radius 3 is 2.72 bits per heavy atom. The van der Waals surface area contributed by atoms with Gasteiger partial charge < -0.3 is 15.4 Å². The maximum atomic E-state index is 5.62. The van der Waals surface area contributed by atoms with E-state index < -0.39 is 0 Å². The van der Waals surface area contributed by atoms with Gasteiger partial charge in [0.05, 0.1) is 12.7 Å². The highest BCUT2D eigenvalue weighted by Crippen LogP contribution is 2.30. The molecule has 0 aromatic heterocycles. The predicted octanol–water partition coefficient (Wildman–Crippen LogP) is 2.31. The molecule has 1 aliphatic heterocycles. The highest BCUT2D eigenvalue weighted by Gasteiger charge is 2.32. The van der Waals surface area contributed by atoms with Gasteiger partial charge in [-0.1, -0.05) is 12.8 Å². The van der Waals surface area contributed by atoms with Crippen LogP contribution in [-0.4, -0.2) is 37.9 Å². The molecule has 0 amide bonds. The van der Waals surface area contributed by atoms with Crippen molar-refractivity contribution in [3.8, 4) is 0 Å². The molecule has 3 unspecified atom stereocenters. The molecular formula is C15H30N2O. The van der Waals surface area contributed by atoms with Gasteiger partial charge in [0, 0.05) is 18.6 Å². The van der Waals surface area contributed by atoms with E-state index in [-0.39, 0.29) is 0 Å². The summed E-state index contributed by atoms with van der Waals surface area (Å²) in [6.45, 7) is 7.28. The molecule has 0 radical (unpaired) electrons. The van der Waals surface area contributed by atoms with E-state index in [2.05, 4.69) is 24.5 Å². The van der Waals surface area contributed by atoms with E-state index in [9.17, 15) is 0 Å². The van der Waals surface area contributed by atoms with Crippen molar-refractivity contribution in [1.29, 1.82) is 0 Å². The molecule has 3 atom stereocenters. The largest absolute Gasteiger partial charge is 0.377 e. The Hall–Kier alpha value is -0.120. The molecule has 106 valence electrons. The van der Waals surface area contributed by atoms with Crippen molar-refractivity contribution >= 4 is 0 Å². The lowest BCUT2D eigenvalue weighted by molar-refractivity contribution is 0.0755. The topological polar surface area (TPSA) is 33.3 Å². The van der Waals surface area contributed by atoms with Crippen molar-refractivity contribution in [2.45, 2.75) is 70.6 Å². The fourth-order valence-corrected chi connectivity index (χ4v) is 3.51. The van der Waals surface area contributed by atoms with Gasteiger partial charge in [0.1, 0.15) is 0 Å². The summed E-state index contributed by atoms with van der Waals surface area (Å²) in [6.07, 6.45) is 8.67. The first kappa shape index (κ1) is 14.3. The maximum absolute atomic E-state index is 5.62. The van der Waals surface area contributed by atoms with E-state index in [4.69, 9.17) is 4.74 Å². The number of nitrogens with one attached hydrogen (secondary N) is 2. The second-order valence-corrected chi connectivity index (χ2v) is 6.13. The van der Waals surface area contributed by atoms with Gasteiger partial charge in [-0.2, -0.15) is 0 Å². The van der Waals surface area contributed by atoms with Crippen LogP contribution in [0, 0.1) is 5.92 Å². The lowest BCUT2D eigenvalue weighted by atomic mass is 9.79. The molecule has 1 saturated carbocycles. The molecule has 2 rings (SSSR count). The number of hydrogen-bond acceptors (Lipinski definition) is 3. The van der Waals surface area contributed by atoms with Gasteiger partial charge in [0.2, 0.25) is 0 Å². The van der Waals surface area contributed by atoms with E-state index in [0.29, 0.717) is 12.1 Å². The van der Waals surface area contributed by atoms with Crippen molar-refractivity contribution in [3.05, 3.63) is 0 Å². The van der Waals surface area contributed by atoms with E-state index in [1.807, 2.05) is 0 Å². The first-order chi connectivity index (χ1) is 8.77. The van der Waals surface area contributed by atoms with Crippen LogP contribution in [0.3, 0.4) is 0 Å². The molecule has 0 aromatic carbocycles. The fourth-order valence-electron chi connectivity index (χ4n) is 3.51. The molecule has 3 nitrogen and oxygen atoms in total. The number of rotatable bonds is 6. The summed E-state index contributed by atoms with van der Waals surface area (Å²) in [5.74, 6) is 0.847.